The minimum absolute atomic E-state index is 0. The van der Waals surface area contributed by atoms with E-state index in [0.717, 1.165) is 0 Å². The van der Waals surface area contributed by atoms with Crippen molar-refractivity contribution in [3.8, 4) is 0 Å². The molecule has 0 N–H and O–H groups in total. The molecule has 0 saturated carbocycles. The predicted molar refractivity (Wildman–Crippen MR) is 60.5 cm³/mol. The van der Waals surface area contributed by atoms with Gasteiger partial charge in [0.05, 0.1) is 0 Å². The molecule has 2 heteroatoms. The molecule has 2 aromatic rings. The second-order valence-electron chi connectivity index (χ2n) is 3.25. The van der Waals surface area contributed by atoms with Gasteiger partial charge in [0.15, 0.2) is 0 Å². The Morgan fingerprint density at radius 1 is 0.667 bits per heavy atom. The Hall–Kier alpha value is -0.343. The first kappa shape index (κ1) is 12.7. The zero-order chi connectivity index (χ0) is 9.80. The average molecular weight is 218 g/mol. The van der Waals surface area contributed by atoms with Gasteiger partial charge in [-0.05, 0) is 0 Å². The summed E-state index contributed by atoms with van der Waals surface area (Å²) in [4.78, 5) is 0. The van der Waals surface area contributed by atoms with E-state index in [1.165, 1.54) is 11.1 Å². The van der Waals surface area contributed by atoms with Crippen LogP contribution >= 0.6 is 0 Å². The van der Waals surface area contributed by atoms with Gasteiger partial charge in [0.1, 0.15) is 0 Å². The quantitative estimate of drug-likeness (QED) is 0.620. The average Bonchev–Trinajstić information content (AvgIpc) is 2.30. The second kappa shape index (κ2) is 6.29. The Balaban J connectivity index is 0.00000112. The van der Waals surface area contributed by atoms with Crippen LogP contribution in [0.25, 0.3) is 0 Å². The van der Waals surface area contributed by atoms with E-state index in [1.54, 1.807) is 0 Å². The summed E-state index contributed by atoms with van der Waals surface area (Å²) >= 11 is 0. The number of hydrogen-bond donors (Lipinski definition) is 0. The van der Waals surface area contributed by atoms with Gasteiger partial charge in [-0.15, -0.1) is 0 Å². The van der Waals surface area contributed by atoms with E-state index in [2.05, 4.69) is 58.8 Å². The van der Waals surface area contributed by atoms with Gasteiger partial charge < -0.3 is 10.2 Å². The standard InChI is InChI=1S/C13H11Si.Na/c14-13(11-7-3-1-4-8-11)12-9-5-2-6-10-12;/h1-10,13H;/q-1;+1. The van der Waals surface area contributed by atoms with Crippen molar-refractivity contribution in [2.45, 2.75) is 5.54 Å². The summed E-state index contributed by atoms with van der Waals surface area (Å²) in [6, 6.07) is 20.8. The molecule has 0 spiro atoms. The molecular weight excluding hydrogens is 207 g/mol. The zero-order valence-electron chi connectivity index (χ0n) is 8.85. The molecule has 0 atom stereocenters. The normalized spacial score (nSPS) is 9.73. The topological polar surface area (TPSA) is 0 Å². The van der Waals surface area contributed by atoms with Gasteiger partial charge in [-0.3, -0.25) is 0 Å². The maximum Gasteiger partial charge on any atom is 1.00 e. The molecule has 2 aromatic carbocycles. The van der Waals surface area contributed by atoms with Gasteiger partial charge in [0.2, 0.25) is 0 Å². The summed E-state index contributed by atoms with van der Waals surface area (Å²) in [5.41, 5.74) is 2.86. The smallest absolute Gasteiger partial charge is 0.656 e. The molecule has 0 aliphatic carbocycles. The van der Waals surface area contributed by atoms with E-state index in [4.69, 9.17) is 0 Å². The van der Waals surface area contributed by atoms with Gasteiger partial charge in [0.25, 0.3) is 0 Å². The summed E-state index contributed by atoms with van der Waals surface area (Å²) in [5.74, 6) is 0. The van der Waals surface area contributed by atoms with Gasteiger partial charge >= 0.3 is 29.6 Å². The maximum absolute atomic E-state index is 3.75. The summed E-state index contributed by atoms with van der Waals surface area (Å²) in [6.07, 6.45) is 0. The third-order valence-electron chi connectivity index (χ3n) is 2.27. The Kier molecular flexibility index (Phi) is 5.33. The third kappa shape index (κ3) is 3.32. The van der Waals surface area contributed by atoms with Crippen LogP contribution in [0.15, 0.2) is 60.7 Å². The van der Waals surface area contributed by atoms with Gasteiger partial charge in [0, 0.05) is 0 Å². The molecule has 0 heterocycles. The van der Waals surface area contributed by atoms with Gasteiger partial charge in [-0.1, -0.05) is 71.8 Å². The van der Waals surface area contributed by atoms with Crippen molar-refractivity contribution >= 4 is 10.2 Å². The number of benzene rings is 2. The molecule has 0 aliphatic heterocycles. The number of rotatable bonds is 2. The van der Waals surface area contributed by atoms with E-state index in [9.17, 15) is 0 Å². The SMILES string of the molecule is [Na+].[Si-]C(c1ccccc1)c1ccccc1. The predicted octanol–water partition coefficient (Wildman–Crippen LogP) is -0.0515. The van der Waals surface area contributed by atoms with Crippen molar-refractivity contribution in [3.63, 3.8) is 0 Å². The van der Waals surface area contributed by atoms with Crippen molar-refractivity contribution in [2.75, 3.05) is 0 Å². The third-order valence-corrected chi connectivity index (χ3v) is 2.93. The van der Waals surface area contributed by atoms with E-state index < -0.39 is 0 Å². The Morgan fingerprint density at radius 3 is 1.33 bits per heavy atom. The molecule has 0 saturated heterocycles. The van der Waals surface area contributed by atoms with Crippen LogP contribution in [0.2, 0.25) is 0 Å². The molecule has 0 fully saturated rings. The summed E-state index contributed by atoms with van der Waals surface area (Å²) in [5, 5.41) is 0. The van der Waals surface area contributed by atoms with E-state index in [-0.39, 0.29) is 35.1 Å². The first-order valence-electron chi connectivity index (χ1n) is 4.69. The van der Waals surface area contributed by atoms with Crippen LogP contribution in [0.3, 0.4) is 0 Å². The van der Waals surface area contributed by atoms with Gasteiger partial charge in [-0.25, -0.2) is 0 Å². The van der Waals surface area contributed by atoms with E-state index in [0.29, 0.717) is 0 Å². The molecule has 2 radical (unpaired) electrons. The zero-order valence-corrected chi connectivity index (χ0v) is 11.9. The largest absolute Gasteiger partial charge is 1.00 e. The van der Waals surface area contributed by atoms with E-state index >= 15 is 0 Å². The van der Waals surface area contributed by atoms with Crippen molar-refractivity contribution in [1.82, 2.24) is 0 Å². The van der Waals surface area contributed by atoms with Crippen molar-refractivity contribution in [1.29, 1.82) is 0 Å². The first-order chi connectivity index (χ1) is 6.88. The summed E-state index contributed by atoms with van der Waals surface area (Å²) in [7, 11) is 3.75. The van der Waals surface area contributed by atoms with Crippen LogP contribution < -0.4 is 29.6 Å². The monoisotopic (exact) mass is 218 g/mol. The van der Waals surface area contributed by atoms with Crippen molar-refractivity contribution in [3.05, 3.63) is 71.8 Å². The maximum atomic E-state index is 3.75. The molecule has 0 unspecified atom stereocenters. The summed E-state index contributed by atoms with van der Waals surface area (Å²) < 4.78 is 0. The fourth-order valence-electron chi connectivity index (χ4n) is 1.48. The Labute approximate surface area is 116 Å². The molecule has 15 heavy (non-hydrogen) atoms. The fourth-order valence-corrected chi connectivity index (χ4v) is 1.87. The minimum atomic E-state index is 0. The Morgan fingerprint density at radius 2 is 1.00 bits per heavy atom. The van der Waals surface area contributed by atoms with Crippen molar-refractivity contribution < 1.29 is 29.6 Å². The summed E-state index contributed by atoms with van der Waals surface area (Å²) in [6.45, 7) is 0. The molecule has 0 amide bonds. The van der Waals surface area contributed by atoms with Crippen LogP contribution in [0.5, 0.6) is 0 Å². The van der Waals surface area contributed by atoms with E-state index in [1.807, 2.05) is 12.1 Å². The van der Waals surface area contributed by atoms with Crippen LogP contribution in [0.4, 0.5) is 0 Å². The van der Waals surface area contributed by atoms with Crippen molar-refractivity contribution in [2.24, 2.45) is 0 Å². The van der Waals surface area contributed by atoms with Crippen LogP contribution in [0.1, 0.15) is 16.7 Å². The van der Waals surface area contributed by atoms with Gasteiger partial charge in [-0.2, -0.15) is 5.54 Å². The first-order valence-corrected chi connectivity index (χ1v) is 5.26. The molecule has 0 aromatic heterocycles. The number of hydrogen-bond acceptors (Lipinski definition) is 0. The van der Waals surface area contributed by atoms with Crippen LogP contribution in [0, 0.1) is 0 Å². The molecule has 2 rings (SSSR count). The van der Waals surface area contributed by atoms with Crippen LogP contribution in [-0.2, 0) is 0 Å². The molecule has 68 valence electrons. The molecular formula is C13H11NaSi. The van der Waals surface area contributed by atoms with Crippen LogP contribution in [-0.4, -0.2) is 10.2 Å². The molecule has 0 aliphatic rings. The Bertz CT molecular complexity index is 346. The molecule has 0 bridgehead atoms. The molecule has 0 nitrogen and oxygen atoms in total. The second-order valence-corrected chi connectivity index (χ2v) is 3.83. The fraction of sp³-hybridized carbons (Fsp3) is 0.0769. The minimum Gasteiger partial charge on any atom is -0.656 e.